The van der Waals surface area contributed by atoms with Crippen molar-refractivity contribution in [1.29, 1.82) is 0 Å². The second-order valence-electron chi connectivity index (χ2n) is 10.9. The molecule has 1 fully saturated rings. The van der Waals surface area contributed by atoms with Crippen LogP contribution in [0.15, 0.2) is 71.6 Å². The molecule has 0 unspecified atom stereocenters. The van der Waals surface area contributed by atoms with Crippen molar-refractivity contribution < 1.29 is 27.5 Å². The SMILES string of the molecule is CC[C@@H](C(=O)NC1CCCC1)N(Cc1cccc(C)c1)C(=O)CN(c1ccc(Cl)cc1)S(=O)(=O)c1ccc(OC)c(OC)c1. The number of halogens is 1. The van der Waals surface area contributed by atoms with Gasteiger partial charge in [0.15, 0.2) is 11.5 Å². The summed E-state index contributed by atoms with van der Waals surface area (Å²) in [6.07, 6.45) is 4.28. The number of methoxy groups -OCH3 is 2. The Labute approximate surface area is 265 Å². The molecule has 0 spiro atoms. The zero-order valence-electron chi connectivity index (χ0n) is 25.6. The Balaban J connectivity index is 1.74. The zero-order valence-corrected chi connectivity index (χ0v) is 27.2. The largest absolute Gasteiger partial charge is 0.493 e. The van der Waals surface area contributed by atoms with E-state index in [1.807, 2.05) is 38.1 Å². The maximum absolute atomic E-state index is 14.3. The average Bonchev–Trinajstić information content (AvgIpc) is 3.52. The molecule has 236 valence electrons. The second-order valence-corrected chi connectivity index (χ2v) is 13.2. The second kappa shape index (κ2) is 14.8. The van der Waals surface area contributed by atoms with Crippen LogP contribution in [0, 0.1) is 6.92 Å². The lowest BCUT2D eigenvalue weighted by molar-refractivity contribution is -0.140. The van der Waals surface area contributed by atoms with Gasteiger partial charge in [0.05, 0.1) is 24.8 Å². The fourth-order valence-corrected chi connectivity index (χ4v) is 7.09. The first-order valence-corrected chi connectivity index (χ1v) is 16.5. The Bertz CT molecular complexity index is 1560. The number of hydrogen-bond acceptors (Lipinski definition) is 6. The van der Waals surface area contributed by atoms with Crippen LogP contribution >= 0.6 is 11.6 Å². The lowest BCUT2D eigenvalue weighted by atomic mass is 10.1. The first kappa shape index (κ1) is 33.1. The summed E-state index contributed by atoms with van der Waals surface area (Å²) in [6.45, 7) is 3.41. The van der Waals surface area contributed by atoms with Crippen molar-refractivity contribution in [2.75, 3.05) is 25.1 Å². The number of rotatable bonds is 13. The van der Waals surface area contributed by atoms with Gasteiger partial charge in [0.2, 0.25) is 11.8 Å². The van der Waals surface area contributed by atoms with Crippen LogP contribution < -0.4 is 19.1 Å². The summed E-state index contributed by atoms with van der Waals surface area (Å²) in [5, 5.41) is 3.54. The minimum Gasteiger partial charge on any atom is -0.493 e. The number of carbonyl (C=O) groups excluding carboxylic acids is 2. The highest BCUT2D eigenvalue weighted by Gasteiger charge is 2.35. The molecule has 0 aliphatic heterocycles. The third-order valence-corrected chi connectivity index (χ3v) is 9.88. The molecule has 3 aromatic rings. The normalized spacial score (nSPS) is 14.1. The molecule has 1 aliphatic rings. The van der Waals surface area contributed by atoms with Crippen LogP contribution in [-0.2, 0) is 26.2 Å². The van der Waals surface area contributed by atoms with Gasteiger partial charge < -0.3 is 19.7 Å². The maximum atomic E-state index is 14.3. The smallest absolute Gasteiger partial charge is 0.264 e. The van der Waals surface area contributed by atoms with E-state index in [0.29, 0.717) is 17.2 Å². The van der Waals surface area contributed by atoms with Crippen LogP contribution in [0.2, 0.25) is 5.02 Å². The maximum Gasteiger partial charge on any atom is 0.264 e. The molecule has 1 N–H and O–H groups in total. The van der Waals surface area contributed by atoms with Crippen molar-refractivity contribution in [2.24, 2.45) is 0 Å². The quantitative estimate of drug-likeness (QED) is 0.256. The van der Waals surface area contributed by atoms with Gasteiger partial charge in [0.25, 0.3) is 10.0 Å². The number of anilines is 1. The van der Waals surface area contributed by atoms with Crippen LogP contribution in [0.5, 0.6) is 11.5 Å². The van der Waals surface area contributed by atoms with Crippen LogP contribution in [0.1, 0.15) is 50.2 Å². The predicted molar refractivity (Wildman–Crippen MR) is 172 cm³/mol. The first-order valence-electron chi connectivity index (χ1n) is 14.7. The molecule has 3 aromatic carbocycles. The summed E-state index contributed by atoms with van der Waals surface area (Å²) >= 11 is 6.13. The van der Waals surface area contributed by atoms with Gasteiger partial charge in [-0.1, -0.05) is 61.2 Å². The molecule has 1 saturated carbocycles. The number of sulfonamides is 1. The highest BCUT2D eigenvalue weighted by molar-refractivity contribution is 7.92. The van der Waals surface area contributed by atoms with Crippen LogP contribution in [0.3, 0.4) is 0 Å². The van der Waals surface area contributed by atoms with E-state index in [0.717, 1.165) is 41.1 Å². The average molecular weight is 642 g/mol. The summed E-state index contributed by atoms with van der Waals surface area (Å²) in [4.78, 5) is 29.3. The van der Waals surface area contributed by atoms with E-state index in [4.69, 9.17) is 21.1 Å². The van der Waals surface area contributed by atoms with E-state index in [1.165, 1.54) is 37.3 Å². The monoisotopic (exact) mass is 641 g/mol. The molecule has 1 atom stereocenters. The van der Waals surface area contributed by atoms with Crippen molar-refractivity contribution >= 4 is 39.1 Å². The molecule has 11 heteroatoms. The molecule has 1 aliphatic carbocycles. The summed E-state index contributed by atoms with van der Waals surface area (Å²) in [5.41, 5.74) is 2.10. The molecule has 44 heavy (non-hydrogen) atoms. The molecule has 0 radical (unpaired) electrons. The summed E-state index contributed by atoms with van der Waals surface area (Å²) in [5.74, 6) is -0.157. The molecule has 0 saturated heterocycles. The van der Waals surface area contributed by atoms with Gasteiger partial charge in [-0.15, -0.1) is 0 Å². The minimum atomic E-state index is -4.30. The zero-order chi connectivity index (χ0) is 31.9. The summed E-state index contributed by atoms with van der Waals surface area (Å²) < 4.78 is 40.1. The Hall–Kier alpha value is -3.76. The Kier molecular flexibility index (Phi) is 11.2. The predicted octanol–water partition coefficient (Wildman–Crippen LogP) is 5.73. The van der Waals surface area contributed by atoms with Gasteiger partial charge in [-0.3, -0.25) is 13.9 Å². The van der Waals surface area contributed by atoms with Crippen molar-refractivity contribution in [3.63, 3.8) is 0 Å². The highest BCUT2D eigenvalue weighted by atomic mass is 35.5. The highest BCUT2D eigenvalue weighted by Crippen LogP contribution is 2.33. The number of aryl methyl sites for hydroxylation is 1. The number of hydrogen-bond donors (Lipinski definition) is 1. The molecular formula is C33H40ClN3O6S. The molecule has 4 rings (SSSR count). The first-order chi connectivity index (χ1) is 21.1. The van der Waals surface area contributed by atoms with Crippen molar-refractivity contribution in [3.8, 4) is 11.5 Å². The molecule has 9 nitrogen and oxygen atoms in total. The third kappa shape index (κ3) is 7.84. The fraction of sp³-hybridized carbons (Fsp3) is 0.394. The Morgan fingerprint density at radius 3 is 2.27 bits per heavy atom. The van der Waals surface area contributed by atoms with E-state index in [-0.39, 0.29) is 34.8 Å². The van der Waals surface area contributed by atoms with E-state index in [2.05, 4.69) is 5.32 Å². The van der Waals surface area contributed by atoms with Gasteiger partial charge >= 0.3 is 0 Å². The third-order valence-electron chi connectivity index (χ3n) is 7.86. The van der Waals surface area contributed by atoms with Crippen LogP contribution in [0.4, 0.5) is 5.69 Å². The topological polar surface area (TPSA) is 105 Å². The number of nitrogens with one attached hydrogen (secondary N) is 1. The molecule has 0 heterocycles. The van der Waals surface area contributed by atoms with Crippen LogP contribution in [-0.4, -0.2) is 58.0 Å². The standard InChI is InChI=1S/C33H40ClN3O6S/c1-5-29(33(39)35-26-11-6-7-12-26)36(21-24-10-8-9-23(2)19-24)32(38)22-37(27-15-13-25(34)14-16-27)44(40,41)28-17-18-30(42-3)31(20-28)43-4/h8-10,13-20,26,29H,5-7,11-12,21-22H2,1-4H3,(H,35,39)/t29-/m0/s1. The van der Waals surface area contributed by atoms with Crippen molar-refractivity contribution in [2.45, 2.75) is 69.5 Å². The Morgan fingerprint density at radius 2 is 1.66 bits per heavy atom. The molecular weight excluding hydrogens is 602 g/mol. The van der Waals surface area contributed by atoms with Crippen molar-refractivity contribution in [1.82, 2.24) is 10.2 Å². The summed E-state index contributed by atoms with van der Waals surface area (Å²) in [6, 6.07) is 17.5. The van der Waals surface area contributed by atoms with E-state index < -0.39 is 28.5 Å². The fourth-order valence-electron chi connectivity index (χ4n) is 5.53. The molecule has 2 amide bonds. The van der Waals surface area contributed by atoms with Gasteiger partial charge in [0.1, 0.15) is 12.6 Å². The van der Waals surface area contributed by atoms with Gasteiger partial charge in [0, 0.05) is 23.7 Å². The van der Waals surface area contributed by atoms with Gasteiger partial charge in [-0.25, -0.2) is 8.42 Å². The van der Waals surface area contributed by atoms with E-state index in [9.17, 15) is 18.0 Å². The number of nitrogens with zero attached hydrogens (tertiary/aromatic N) is 2. The van der Waals surface area contributed by atoms with Crippen LogP contribution in [0.25, 0.3) is 0 Å². The number of ether oxygens (including phenoxy) is 2. The lowest BCUT2D eigenvalue weighted by Crippen LogP contribution is -2.53. The van der Waals surface area contributed by atoms with E-state index in [1.54, 1.807) is 24.3 Å². The minimum absolute atomic E-state index is 0.0727. The number of benzene rings is 3. The van der Waals surface area contributed by atoms with E-state index >= 15 is 0 Å². The number of carbonyl (C=O) groups is 2. The van der Waals surface area contributed by atoms with Gasteiger partial charge in [-0.05, 0) is 68.1 Å². The van der Waals surface area contributed by atoms with Gasteiger partial charge in [-0.2, -0.15) is 0 Å². The van der Waals surface area contributed by atoms with Crippen molar-refractivity contribution in [3.05, 3.63) is 82.9 Å². The summed E-state index contributed by atoms with van der Waals surface area (Å²) in [7, 11) is -1.42. The lowest BCUT2D eigenvalue weighted by Gasteiger charge is -2.34. The Morgan fingerprint density at radius 1 is 0.977 bits per heavy atom. The molecule has 0 aromatic heterocycles. The number of amides is 2. The molecule has 0 bridgehead atoms.